The highest BCUT2D eigenvalue weighted by molar-refractivity contribution is 5.97. The van der Waals surface area contributed by atoms with Crippen LogP contribution in [-0.2, 0) is 9.59 Å². The van der Waals surface area contributed by atoms with Crippen molar-refractivity contribution < 1.29 is 9.59 Å². The molecule has 4 heteroatoms. The van der Waals surface area contributed by atoms with Gasteiger partial charge in [-0.05, 0) is 44.9 Å². The van der Waals surface area contributed by atoms with Crippen LogP contribution in [0, 0.1) is 5.41 Å². The zero-order chi connectivity index (χ0) is 16.0. The number of nitrogens with zero attached hydrogens (tertiary/aromatic N) is 2. The van der Waals surface area contributed by atoms with Crippen molar-refractivity contribution in [3.05, 3.63) is 0 Å². The van der Waals surface area contributed by atoms with Crippen LogP contribution in [0.15, 0.2) is 0 Å². The van der Waals surface area contributed by atoms with Crippen molar-refractivity contribution in [2.75, 3.05) is 6.54 Å². The zero-order valence-electron chi connectivity index (χ0n) is 14.4. The largest absolute Gasteiger partial charge is 0.329 e. The fourth-order valence-electron chi connectivity index (χ4n) is 4.36. The van der Waals surface area contributed by atoms with Gasteiger partial charge in [0.05, 0.1) is 0 Å². The molecule has 0 aromatic rings. The van der Waals surface area contributed by atoms with E-state index in [1.807, 2.05) is 16.7 Å². The highest BCUT2D eigenvalue weighted by Crippen LogP contribution is 2.38. The Morgan fingerprint density at radius 3 is 2.24 bits per heavy atom. The number of carbonyl (C=O) groups excluding carboxylic acids is 2. The van der Waals surface area contributed by atoms with Crippen molar-refractivity contribution in [3.63, 3.8) is 0 Å². The number of carbonyl (C=O) groups is 2. The van der Waals surface area contributed by atoms with Crippen LogP contribution in [0.1, 0.15) is 67.2 Å². The summed E-state index contributed by atoms with van der Waals surface area (Å²) in [5.41, 5.74) is -0.168. The van der Waals surface area contributed by atoms with Gasteiger partial charge >= 0.3 is 0 Å². The van der Waals surface area contributed by atoms with Crippen molar-refractivity contribution >= 4 is 11.8 Å². The van der Waals surface area contributed by atoms with Crippen molar-refractivity contribution in [2.24, 2.45) is 5.41 Å². The molecule has 2 amide bonds. The van der Waals surface area contributed by atoms with Gasteiger partial charge in [0.25, 0.3) is 0 Å². The quantitative estimate of drug-likeness (QED) is 0.803. The van der Waals surface area contributed by atoms with Gasteiger partial charge in [-0.2, -0.15) is 0 Å². The van der Waals surface area contributed by atoms with Gasteiger partial charge in [0.15, 0.2) is 0 Å². The Labute approximate surface area is 128 Å². The number of piperazine rings is 1. The molecule has 2 unspecified atom stereocenters. The smallest absolute Gasteiger partial charge is 0.246 e. The SMILES string of the molecule is CCC1C(=O)N2CCCC2C(=O)N1C(C)(C)CC(C)(C)C. The Hall–Kier alpha value is -1.06. The van der Waals surface area contributed by atoms with Crippen LogP contribution in [0.4, 0.5) is 0 Å². The lowest BCUT2D eigenvalue weighted by Crippen LogP contribution is -2.68. The maximum absolute atomic E-state index is 13.0. The highest BCUT2D eigenvalue weighted by Gasteiger charge is 2.51. The molecule has 0 spiro atoms. The fourth-order valence-corrected chi connectivity index (χ4v) is 4.36. The van der Waals surface area contributed by atoms with E-state index in [1.165, 1.54) is 0 Å². The molecule has 2 heterocycles. The maximum Gasteiger partial charge on any atom is 0.246 e. The van der Waals surface area contributed by atoms with E-state index in [2.05, 4.69) is 34.6 Å². The molecular weight excluding hydrogens is 264 g/mol. The lowest BCUT2D eigenvalue weighted by atomic mass is 9.79. The van der Waals surface area contributed by atoms with Crippen LogP contribution in [0.25, 0.3) is 0 Å². The van der Waals surface area contributed by atoms with E-state index in [9.17, 15) is 9.59 Å². The first-order chi connectivity index (χ1) is 9.58. The Morgan fingerprint density at radius 2 is 1.71 bits per heavy atom. The standard InChI is InChI=1S/C17H30N2O2/c1-7-12-14(20)18-10-8-9-13(18)15(21)19(12)17(5,6)11-16(2,3)4/h12-13H,7-11H2,1-6H3. The van der Waals surface area contributed by atoms with Gasteiger partial charge < -0.3 is 9.80 Å². The second-order valence-electron chi connectivity index (χ2n) is 8.37. The monoisotopic (exact) mass is 294 g/mol. The molecule has 2 rings (SSSR count). The van der Waals surface area contributed by atoms with Crippen LogP contribution in [-0.4, -0.2) is 45.8 Å². The maximum atomic E-state index is 13.0. The zero-order valence-corrected chi connectivity index (χ0v) is 14.4. The molecule has 2 aliphatic rings. The Kier molecular flexibility index (Phi) is 4.11. The highest BCUT2D eigenvalue weighted by atomic mass is 16.2. The van der Waals surface area contributed by atoms with E-state index < -0.39 is 0 Å². The second-order valence-corrected chi connectivity index (χ2v) is 8.37. The molecule has 2 fully saturated rings. The van der Waals surface area contributed by atoms with Gasteiger partial charge in [-0.1, -0.05) is 27.7 Å². The molecule has 2 saturated heterocycles. The van der Waals surface area contributed by atoms with Crippen LogP contribution in [0.3, 0.4) is 0 Å². The van der Waals surface area contributed by atoms with E-state index in [-0.39, 0.29) is 34.9 Å². The summed E-state index contributed by atoms with van der Waals surface area (Å²) in [5, 5.41) is 0. The molecule has 2 atom stereocenters. The molecule has 0 aromatic carbocycles. The topological polar surface area (TPSA) is 40.6 Å². The Morgan fingerprint density at radius 1 is 1.10 bits per heavy atom. The molecule has 0 aliphatic carbocycles. The van der Waals surface area contributed by atoms with Gasteiger partial charge in [0, 0.05) is 12.1 Å². The molecule has 0 aromatic heterocycles. The number of hydrogen-bond donors (Lipinski definition) is 0. The molecule has 0 N–H and O–H groups in total. The van der Waals surface area contributed by atoms with E-state index in [1.54, 1.807) is 0 Å². The first-order valence-electron chi connectivity index (χ1n) is 8.22. The van der Waals surface area contributed by atoms with E-state index in [0.29, 0.717) is 6.42 Å². The first kappa shape index (κ1) is 16.3. The number of rotatable bonds is 3. The summed E-state index contributed by atoms with van der Waals surface area (Å²) in [5.74, 6) is 0.315. The van der Waals surface area contributed by atoms with Gasteiger partial charge in [0.1, 0.15) is 12.1 Å². The second kappa shape index (κ2) is 5.29. The van der Waals surface area contributed by atoms with Gasteiger partial charge in [-0.15, -0.1) is 0 Å². The van der Waals surface area contributed by atoms with E-state index in [4.69, 9.17) is 0 Å². The summed E-state index contributed by atoms with van der Waals surface area (Å²) in [6, 6.07) is -0.497. The van der Waals surface area contributed by atoms with Gasteiger partial charge in [-0.3, -0.25) is 9.59 Å². The molecule has 0 radical (unpaired) electrons. The minimum atomic E-state index is -0.291. The molecule has 0 bridgehead atoms. The summed E-state index contributed by atoms with van der Waals surface area (Å²) in [6.07, 6.45) is 3.36. The molecule has 21 heavy (non-hydrogen) atoms. The molecule has 0 saturated carbocycles. The van der Waals surface area contributed by atoms with Crippen LogP contribution >= 0.6 is 0 Å². The molecule has 4 nitrogen and oxygen atoms in total. The average molecular weight is 294 g/mol. The number of fused-ring (bicyclic) bond motifs is 1. The summed E-state index contributed by atoms with van der Waals surface area (Å²) in [6.45, 7) is 13.5. The predicted molar refractivity (Wildman–Crippen MR) is 83.8 cm³/mol. The Bertz CT molecular complexity index is 437. The first-order valence-corrected chi connectivity index (χ1v) is 8.22. The van der Waals surface area contributed by atoms with Crippen LogP contribution in [0.5, 0.6) is 0 Å². The Balaban J connectivity index is 2.35. The number of amides is 2. The molecule has 2 aliphatic heterocycles. The van der Waals surface area contributed by atoms with Crippen molar-refractivity contribution in [1.82, 2.24) is 9.80 Å². The lowest BCUT2D eigenvalue weighted by Gasteiger charge is -2.51. The van der Waals surface area contributed by atoms with Crippen molar-refractivity contribution in [3.8, 4) is 0 Å². The predicted octanol–water partition coefficient (Wildman–Crippen LogP) is 2.81. The third kappa shape index (κ3) is 2.95. The summed E-state index contributed by atoms with van der Waals surface area (Å²) < 4.78 is 0. The van der Waals surface area contributed by atoms with Gasteiger partial charge in [-0.25, -0.2) is 0 Å². The third-order valence-electron chi connectivity index (χ3n) is 4.66. The number of hydrogen-bond acceptors (Lipinski definition) is 2. The van der Waals surface area contributed by atoms with E-state index >= 15 is 0 Å². The molecular formula is C17H30N2O2. The minimum absolute atomic E-state index is 0.123. The normalized spacial score (nSPS) is 27.3. The third-order valence-corrected chi connectivity index (χ3v) is 4.66. The van der Waals surface area contributed by atoms with Crippen molar-refractivity contribution in [2.45, 2.75) is 84.8 Å². The minimum Gasteiger partial charge on any atom is -0.329 e. The van der Waals surface area contributed by atoms with Crippen LogP contribution in [0.2, 0.25) is 0 Å². The fraction of sp³-hybridized carbons (Fsp3) is 0.882. The lowest BCUT2D eigenvalue weighted by molar-refractivity contribution is -0.167. The summed E-state index contributed by atoms with van der Waals surface area (Å²) in [7, 11) is 0. The average Bonchev–Trinajstić information content (AvgIpc) is 2.79. The summed E-state index contributed by atoms with van der Waals surface area (Å²) >= 11 is 0. The summed E-state index contributed by atoms with van der Waals surface area (Å²) in [4.78, 5) is 29.5. The van der Waals surface area contributed by atoms with E-state index in [0.717, 1.165) is 25.8 Å². The molecule has 120 valence electrons. The van der Waals surface area contributed by atoms with Gasteiger partial charge in [0.2, 0.25) is 11.8 Å². The van der Waals surface area contributed by atoms with Crippen molar-refractivity contribution in [1.29, 1.82) is 0 Å². The van der Waals surface area contributed by atoms with Crippen LogP contribution < -0.4 is 0 Å².